The number of para-hydroxylation sites is 1. The van der Waals surface area contributed by atoms with Crippen LogP contribution in [0.5, 0.6) is 0 Å². The van der Waals surface area contributed by atoms with Gasteiger partial charge in [0.1, 0.15) is 4.90 Å². The van der Waals surface area contributed by atoms with Gasteiger partial charge in [0.15, 0.2) is 5.84 Å². The van der Waals surface area contributed by atoms with Crippen LogP contribution >= 0.6 is 0 Å². The minimum Gasteiger partial charge on any atom is -0.352 e. The van der Waals surface area contributed by atoms with Crippen LogP contribution < -0.4 is 4.90 Å². The zero-order chi connectivity index (χ0) is 21.6. The van der Waals surface area contributed by atoms with Gasteiger partial charge in [-0.05, 0) is 24.3 Å². The van der Waals surface area contributed by atoms with Crippen molar-refractivity contribution in [2.75, 3.05) is 37.6 Å². The minimum atomic E-state index is -3.66. The fraction of sp³-hybridized carbons (Fsp3) is 0.318. The molecular weight excluding hydrogens is 416 g/mol. The van der Waals surface area contributed by atoms with E-state index >= 15 is 0 Å². The van der Waals surface area contributed by atoms with E-state index in [0.717, 1.165) is 5.69 Å². The Balaban J connectivity index is 1.25. The monoisotopic (exact) mass is 438 g/mol. The Morgan fingerprint density at radius 2 is 1.61 bits per heavy atom. The second-order valence-corrected chi connectivity index (χ2v) is 9.51. The summed E-state index contributed by atoms with van der Waals surface area (Å²) in [7, 11) is -3.66. The molecule has 2 aromatic rings. The molecule has 1 atom stereocenters. The molecule has 31 heavy (non-hydrogen) atoms. The summed E-state index contributed by atoms with van der Waals surface area (Å²) in [6.07, 6.45) is 0.215. The molecule has 0 bridgehead atoms. The first-order valence-electron chi connectivity index (χ1n) is 10.3. The lowest BCUT2D eigenvalue weighted by Crippen LogP contribution is -2.52. The molecule has 2 fully saturated rings. The highest BCUT2D eigenvalue weighted by Gasteiger charge is 2.39. The van der Waals surface area contributed by atoms with Crippen LogP contribution in [-0.2, 0) is 19.6 Å². The van der Waals surface area contributed by atoms with Crippen molar-refractivity contribution in [3.63, 3.8) is 0 Å². The molecule has 3 aliphatic rings. The van der Waals surface area contributed by atoms with Crippen LogP contribution in [0, 0.1) is 5.92 Å². The molecule has 5 rings (SSSR count). The van der Waals surface area contributed by atoms with E-state index in [9.17, 15) is 18.0 Å². The highest BCUT2D eigenvalue weighted by molar-refractivity contribution is 7.90. The number of fused-ring (bicyclic) bond motifs is 1. The second-order valence-electron chi connectivity index (χ2n) is 7.94. The van der Waals surface area contributed by atoms with E-state index in [1.165, 1.54) is 0 Å². The molecule has 0 N–H and O–H groups in total. The van der Waals surface area contributed by atoms with Gasteiger partial charge in [-0.3, -0.25) is 9.59 Å². The molecule has 9 heteroatoms. The summed E-state index contributed by atoms with van der Waals surface area (Å²) in [5.74, 6) is 0.0382. The molecule has 0 radical (unpaired) electrons. The number of carbonyl (C=O) groups is 2. The Morgan fingerprint density at radius 1 is 0.935 bits per heavy atom. The van der Waals surface area contributed by atoms with E-state index in [-0.39, 0.29) is 29.0 Å². The van der Waals surface area contributed by atoms with Crippen LogP contribution in [0.25, 0.3) is 0 Å². The van der Waals surface area contributed by atoms with E-state index in [4.69, 9.17) is 0 Å². The largest absolute Gasteiger partial charge is 0.352 e. The topological polar surface area (TPSA) is 90.4 Å². The summed E-state index contributed by atoms with van der Waals surface area (Å²) in [6.45, 7) is 2.32. The van der Waals surface area contributed by atoms with Crippen LogP contribution in [0.4, 0.5) is 5.69 Å². The van der Waals surface area contributed by atoms with Crippen LogP contribution in [-0.4, -0.2) is 68.6 Å². The molecule has 0 spiro atoms. The Hall–Kier alpha value is -3.20. The van der Waals surface area contributed by atoms with Crippen LogP contribution in [0.15, 0.2) is 63.9 Å². The van der Waals surface area contributed by atoms with Crippen molar-refractivity contribution in [2.24, 2.45) is 10.3 Å². The Bertz CT molecular complexity index is 1170. The van der Waals surface area contributed by atoms with Crippen LogP contribution in [0.1, 0.15) is 12.0 Å². The highest BCUT2D eigenvalue weighted by Crippen LogP contribution is 2.29. The maximum Gasteiger partial charge on any atom is 0.285 e. The zero-order valence-corrected chi connectivity index (χ0v) is 17.7. The van der Waals surface area contributed by atoms with Crippen molar-refractivity contribution in [3.05, 3.63) is 60.2 Å². The maximum absolute atomic E-state index is 13.1. The number of hydrogen-bond donors (Lipinski definition) is 0. The number of anilines is 1. The quantitative estimate of drug-likeness (QED) is 0.706. The van der Waals surface area contributed by atoms with Crippen molar-refractivity contribution in [3.8, 4) is 0 Å². The Kier molecular flexibility index (Phi) is 4.77. The van der Waals surface area contributed by atoms with Crippen LogP contribution in [0.2, 0.25) is 0 Å². The van der Waals surface area contributed by atoms with Gasteiger partial charge in [0.2, 0.25) is 11.8 Å². The summed E-state index contributed by atoms with van der Waals surface area (Å²) in [5, 5.41) is 0. The molecule has 0 aromatic heterocycles. The number of sulfonamides is 1. The van der Waals surface area contributed by atoms with Gasteiger partial charge in [-0.1, -0.05) is 30.3 Å². The first-order chi connectivity index (χ1) is 14.9. The standard InChI is InChI=1S/C22H22N4O4S/c27-20-14-16(15-26(20)17-6-2-1-3-7-17)22(28)25-12-10-24(11-13-25)21-18-8-4-5-9-19(18)31(29,30)23-21/h1-9,16H,10-15H2/t16-/m0/s1. The van der Waals surface area contributed by atoms with Gasteiger partial charge in [-0.25, -0.2) is 0 Å². The highest BCUT2D eigenvalue weighted by atomic mass is 32.2. The van der Waals surface area contributed by atoms with E-state index in [1.54, 1.807) is 34.1 Å². The van der Waals surface area contributed by atoms with E-state index < -0.39 is 10.0 Å². The molecule has 3 heterocycles. The molecule has 3 aliphatic heterocycles. The first-order valence-corrected chi connectivity index (χ1v) is 11.7. The number of benzene rings is 2. The molecule has 2 saturated heterocycles. The normalized spacial score (nSPS) is 22.5. The average molecular weight is 439 g/mol. The number of nitrogens with zero attached hydrogens (tertiary/aromatic N) is 4. The van der Waals surface area contributed by atoms with Crippen molar-refractivity contribution < 1.29 is 18.0 Å². The molecule has 0 aliphatic carbocycles. The van der Waals surface area contributed by atoms with E-state index in [0.29, 0.717) is 44.1 Å². The van der Waals surface area contributed by atoms with E-state index in [1.807, 2.05) is 35.2 Å². The third-order valence-corrected chi connectivity index (χ3v) is 7.37. The Labute approximate surface area is 180 Å². The van der Waals surface area contributed by atoms with E-state index in [2.05, 4.69) is 4.40 Å². The summed E-state index contributed by atoms with van der Waals surface area (Å²) >= 11 is 0. The van der Waals surface area contributed by atoms with Crippen molar-refractivity contribution in [1.29, 1.82) is 0 Å². The van der Waals surface area contributed by atoms with Gasteiger partial charge in [0, 0.05) is 50.4 Å². The molecule has 2 amide bonds. The number of carbonyl (C=O) groups excluding carboxylic acids is 2. The lowest BCUT2D eigenvalue weighted by atomic mass is 10.1. The van der Waals surface area contributed by atoms with Gasteiger partial charge in [0.05, 0.1) is 5.92 Å². The SMILES string of the molecule is O=C([C@H]1CC(=O)N(c2ccccc2)C1)N1CCN(C2=NS(=O)(=O)c3ccccc32)CC1. The number of piperazine rings is 1. The third kappa shape index (κ3) is 3.48. The van der Waals surface area contributed by atoms with Crippen LogP contribution in [0.3, 0.4) is 0 Å². The predicted octanol–water partition coefficient (Wildman–Crippen LogP) is 1.33. The fourth-order valence-electron chi connectivity index (χ4n) is 4.44. The zero-order valence-electron chi connectivity index (χ0n) is 16.8. The smallest absolute Gasteiger partial charge is 0.285 e. The van der Waals surface area contributed by atoms with Gasteiger partial charge < -0.3 is 14.7 Å². The fourth-order valence-corrected chi connectivity index (χ4v) is 5.67. The number of amides is 2. The molecule has 2 aromatic carbocycles. The first kappa shape index (κ1) is 19.7. The minimum absolute atomic E-state index is 0.0205. The number of amidine groups is 1. The lowest BCUT2D eigenvalue weighted by molar-refractivity contribution is -0.137. The molecule has 160 valence electrons. The number of hydrogen-bond acceptors (Lipinski definition) is 5. The molecule has 0 unspecified atom stereocenters. The second kappa shape index (κ2) is 7.49. The van der Waals surface area contributed by atoms with Gasteiger partial charge in [-0.15, -0.1) is 4.40 Å². The summed E-state index contributed by atoms with van der Waals surface area (Å²) in [4.78, 5) is 31.1. The van der Waals surface area contributed by atoms with Crippen molar-refractivity contribution >= 4 is 33.4 Å². The Morgan fingerprint density at radius 3 is 2.35 bits per heavy atom. The molecular formula is C22H22N4O4S. The van der Waals surface area contributed by atoms with Crippen molar-refractivity contribution in [1.82, 2.24) is 9.80 Å². The molecule has 8 nitrogen and oxygen atoms in total. The predicted molar refractivity (Wildman–Crippen MR) is 115 cm³/mol. The van der Waals surface area contributed by atoms with Gasteiger partial charge in [0.25, 0.3) is 10.0 Å². The van der Waals surface area contributed by atoms with Crippen molar-refractivity contribution in [2.45, 2.75) is 11.3 Å². The number of rotatable bonds is 2. The summed E-state index contributed by atoms with van der Waals surface area (Å²) in [6, 6.07) is 16.2. The van der Waals surface area contributed by atoms with Gasteiger partial charge in [-0.2, -0.15) is 8.42 Å². The maximum atomic E-state index is 13.1. The summed E-state index contributed by atoms with van der Waals surface area (Å²) in [5.41, 5.74) is 1.42. The lowest BCUT2D eigenvalue weighted by Gasteiger charge is -2.36. The molecule has 0 saturated carbocycles. The summed E-state index contributed by atoms with van der Waals surface area (Å²) < 4.78 is 28.6. The van der Waals surface area contributed by atoms with Gasteiger partial charge >= 0.3 is 0 Å². The third-order valence-electron chi connectivity index (χ3n) is 6.05. The average Bonchev–Trinajstić information content (AvgIpc) is 3.31.